The molecule has 0 atom stereocenters. The summed E-state index contributed by atoms with van der Waals surface area (Å²) in [5, 5.41) is 0.689. The predicted octanol–water partition coefficient (Wildman–Crippen LogP) is 3.07. The lowest BCUT2D eigenvalue weighted by Crippen LogP contribution is -2.41. The van der Waals surface area contributed by atoms with E-state index in [2.05, 4.69) is 10.9 Å². The number of halogens is 2. The Morgan fingerprint density at radius 3 is 1.80 bits per heavy atom. The van der Waals surface area contributed by atoms with Crippen molar-refractivity contribution in [2.24, 2.45) is 0 Å². The Morgan fingerprint density at radius 2 is 1.25 bits per heavy atom. The van der Waals surface area contributed by atoms with Crippen LogP contribution >= 0.6 is 23.2 Å². The van der Waals surface area contributed by atoms with E-state index in [0.717, 1.165) is 0 Å². The first kappa shape index (κ1) is 14.4. The van der Waals surface area contributed by atoms with Gasteiger partial charge in [-0.2, -0.15) is 0 Å². The van der Waals surface area contributed by atoms with E-state index >= 15 is 0 Å². The first-order valence-corrected chi connectivity index (χ1v) is 6.43. The Labute approximate surface area is 125 Å². The Balaban J connectivity index is 2.00. The number of hydrogen-bond acceptors (Lipinski definition) is 2. The lowest BCUT2D eigenvalue weighted by atomic mass is 10.2. The van der Waals surface area contributed by atoms with Gasteiger partial charge in [0.05, 0.1) is 0 Å². The summed E-state index contributed by atoms with van der Waals surface area (Å²) in [4.78, 5) is 23.6. The number of hydrazine groups is 1. The van der Waals surface area contributed by atoms with E-state index in [-0.39, 0.29) is 5.56 Å². The largest absolute Gasteiger partial charge is 0.269 e. The van der Waals surface area contributed by atoms with E-state index in [0.29, 0.717) is 15.6 Å². The van der Waals surface area contributed by atoms with Crippen molar-refractivity contribution < 1.29 is 9.59 Å². The van der Waals surface area contributed by atoms with Crippen molar-refractivity contribution >= 4 is 35.0 Å². The molecule has 4 nitrogen and oxygen atoms in total. The average Bonchev–Trinajstić information content (AvgIpc) is 2.44. The van der Waals surface area contributed by atoms with Crippen LogP contribution in [0.3, 0.4) is 0 Å². The molecular formula is C14H10Cl2N2O2. The molecule has 0 aliphatic carbocycles. The van der Waals surface area contributed by atoms with Gasteiger partial charge in [-0.1, -0.05) is 41.4 Å². The highest BCUT2D eigenvalue weighted by molar-refractivity contribution is 6.35. The van der Waals surface area contributed by atoms with Crippen molar-refractivity contribution in [1.29, 1.82) is 0 Å². The number of rotatable bonds is 2. The van der Waals surface area contributed by atoms with E-state index in [1.54, 1.807) is 30.3 Å². The lowest BCUT2D eigenvalue weighted by molar-refractivity contribution is 0.0846. The molecule has 102 valence electrons. The van der Waals surface area contributed by atoms with Crippen LogP contribution in [0.15, 0.2) is 48.5 Å². The lowest BCUT2D eigenvalue weighted by Gasteiger charge is -2.08. The number of benzene rings is 2. The number of amides is 2. The molecule has 0 heterocycles. The summed E-state index contributed by atoms with van der Waals surface area (Å²) in [6, 6.07) is 13.0. The van der Waals surface area contributed by atoms with E-state index in [1.807, 2.05) is 0 Å². The third kappa shape index (κ3) is 3.73. The van der Waals surface area contributed by atoms with Gasteiger partial charge < -0.3 is 0 Å². The summed E-state index contributed by atoms with van der Waals surface area (Å²) in [6.45, 7) is 0. The van der Waals surface area contributed by atoms with Crippen molar-refractivity contribution in [3.05, 3.63) is 69.7 Å². The molecule has 0 fully saturated rings. The molecule has 0 aliphatic heterocycles. The predicted molar refractivity (Wildman–Crippen MR) is 77.8 cm³/mol. The smallest absolute Gasteiger partial charge is 0.267 e. The van der Waals surface area contributed by atoms with Gasteiger partial charge in [0.2, 0.25) is 0 Å². The minimum absolute atomic E-state index is 0.260. The quantitative estimate of drug-likeness (QED) is 0.838. The number of carbonyl (C=O) groups is 2. The minimum Gasteiger partial charge on any atom is -0.267 e. The fourth-order valence-electron chi connectivity index (χ4n) is 1.53. The zero-order valence-electron chi connectivity index (χ0n) is 10.2. The van der Waals surface area contributed by atoms with E-state index < -0.39 is 11.8 Å². The fraction of sp³-hybridized carbons (Fsp3) is 0. The van der Waals surface area contributed by atoms with Gasteiger partial charge in [-0.05, 0) is 30.3 Å². The minimum atomic E-state index is -0.501. The van der Waals surface area contributed by atoms with Crippen LogP contribution in [0.1, 0.15) is 20.7 Å². The van der Waals surface area contributed by atoms with Gasteiger partial charge in [0, 0.05) is 21.2 Å². The summed E-state index contributed by atoms with van der Waals surface area (Å²) in [5.41, 5.74) is 5.31. The number of hydrogen-bond donors (Lipinski definition) is 2. The molecule has 0 aliphatic rings. The Hall–Kier alpha value is -2.04. The van der Waals surface area contributed by atoms with Crippen LogP contribution in [-0.2, 0) is 0 Å². The summed E-state index contributed by atoms with van der Waals surface area (Å²) < 4.78 is 0. The van der Waals surface area contributed by atoms with Gasteiger partial charge in [0.25, 0.3) is 11.8 Å². The Bertz CT molecular complexity index is 625. The highest BCUT2D eigenvalue weighted by Crippen LogP contribution is 2.18. The van der Waals surface area contributed by atoms with Crippen LogP contribution in [0.25, 0.3) is 0 Å². The first-order chi connectivity index (χ1) is 9.56. The molecule has 2 aromatic rings. The van der Waals surface area contributed by atoms with Gasteiger partial charge in [-0.25, -0.2) is 0 Å². The molecule has 20 heavy (non-hydrogen) atoms. The van der Waals surface area contributed by atoms with Gasteiger partial charge in [0.15, 0.2) is 0 Å². The van der Waals surface area contributed by atoms with E-state index in [1.165, 1.54) is 18.2 Å². The van der Waals surface area contributed by atoms with Crippen LogP contribution in [0, 0.1) is 0 Å². The summed E-state index contributed by atoms with van der Waals surface area (Å²) in [5.74, 6) is -0.911. The maximum absolute atomic E-state index is 11.8. The monoisotopic (exact) mass is 308 g/mol. The summed E-state index contributed by atoms with van der Waals surface area (Å²) in [7, 11) is 0. The second-order valence-electron chi connectivity index (χ2n) is 3.93. The second-order valence-corrected chi connectivity index (χ2v) is 4.81. The van der Waals surface area contributed by atoms with E-state index in [9.17, 15) is 9.59 Å². The Morgan fingerprint density at radius 1 is 0.750 bits per heavy atom. The molecule has 0 radical (unpaired) electrons. The van der Waals surface area contributed by atoms with Crippen LogP contribution < -0.4 is 10.9 Å². The standard InChI is InChI=1S/C14H10Cl2N2O2/c15-11-6-10(7-12(16)8-11)14(20)18-17-13(19)9-4-2-1-3-5-9/h1-8H,(H,17,19)(H,18,20). The normalized spacial score (nSPS) is 9.90. The molecule has 2 amide bonds. The molecule has 0 saturated carbocycles. The molecule has 0 bridgehead atoms. The van der Waals surface area contributed by atoms with Gasteiger partial charge in [-0.3, -0.25) is 20.4 Å². The van der Waals surface area contributed by atoms with Crippen LogP contribution in [0.4, 0.5) is 0 Å². The van der Waals surface area contributed by atoms with Gasteiger partial charge in [-0.15, -0.1) is 0 Å². The number of carbonyl (C=O) groups excluding carboxylic acids is 2. The van der Waals surface area contributed by atoms with Gasteiger partial charge >= 0.3 is 0 Å². The summed E-state index contributed by atoms with van der Waals surface area (Å²) in [6.07, 6.45) is 0. The van der Waals surface area contributed by atoms with Crippen molar-refractivity contribution in [1.82, 2.24) is 10.9 Å². The summed E-state index contributed by atoms with van der Waals surface area (Å²) >= 11 is 11.6. The maximum atomic E-state index is 11.8. The second kappa shape index (κ2) is 6.41. The molecule has 6 heteroatoms. The molecule has 2 rings (SSSR count). The van der Waals surface area contributed by atoms with Crippen molar-refractivity contribution in [3.8, 4) is 0 Å². The Kier molecular flexibility index (Phi) is 4.61. The number of nitrogens with one attached hydrogen (secondary N) is 2. The van der Waals surface area contributed by atoms with Crippen molar-refractivity contribution in [2.75, 3.05) is 0 Å². The van der Waals surface area contributed by atoms with Crippen LogP contribution in [0.2, 0.25) is 10.0 Å². The molecule has 0 saturated heterocycles. The van der Waals surface area contributed by atoms with Crippen LogP contribution in [-0.4, -0.2) is 11.8 Å². The SMILES string of the molecule is O=C(NNC(=O)c1cc(Cl)cc(Cl)c1)c1ccccc1. The van der Waals surface area contributed by atoms with E-state index in [4.69, 9.17) is 23.2 Å². The molecule has 0 aromatic heterocycles. The van der Waals surface area contributed by atoms with Gasteiger partial charge in [0.1, 0.15) is 0 Å². The highest BCUT2D eigenvalue weighted by atomic mass is 35.5. The zero-order valence-corrected chi connectivity index (χ0v) is 11.7. The molecule has 2 aromatic carbocycles. The third-order valence-corrected chi connectivity index (χ3v) is 2.89. The maximum Gasteiger partial charge on any atom is 0.269 e. The third-order valence-electron chi connectivity index (χ3n) is 2.45. The fourth-order valence-corrected chi connectivity index (χ4v) is 2.06. The molecular weight excluding hydrogens is 299 g/mol. The van der Waals surface area contributed by atoms with Crippen molar-refractivity contribution in [3.63, 3.8) is 0 Å². The van der Waals surface area contributed by atoms with Crippen molar-refractivity contribution in [2.45, 2.75) is 0 Å². The zero-order chi connectivity index (χ0) is 14.5. The highest BCUT2D eigenvalue weighted by Gasteiger charge is 2.10. The average molecular weight is 309 g/mol. The molecule has 2 N–H and O–H groups in total. The topological polar surface area (TPSA) is 58.2 Å². The van der Waals surface area contributed by atoms with Crippen LogP contribution in [0.5, 0.6) is 0 Å². The molecule has 0 unspecified atom stereocenters. The molecule has 0 spiro atoms. The first-order valence-electron chi connectivity index (χ1n) is 5.68.